The smallest absolute Gasteiger partial charge is 0.161 e. The number of aliphatic hydroxyl groups is 1. The Morgan fingerprint density at radius 1 is 1.10 bits per heavy atom. The molecule has 1 aromatic carbocycles. The molecule has 0 bridgehead atoms. The fraction of sp³-hybridized carbons (Fsp3) is 0.375. The minimum Gasteiger partial charge on any atom is -0.486 e. The van der Waals surface area contributed by atoms with Gasteiger partial charge in [0.2, 0.25) is 0 Å². The van der Waals surface area contributed by atoms with Gasteiger partial charge in [-0.25, -0.2) is 0 Å². The van der Waals surface area contributed by atoms with Crippen molar-refractivity contribution in [1.29, 1.82) is 0 Å². The van der Waals surface area contributed by atoms with E-state index in [-0.39, 0.29) is 0 Å². The average Bonchev–Trinajstić information content (AvgIpc) is 2.97. The second-order valence-electron chi connectivity index (χ2n) is 5.21. The van der Waals surface area contributed by atoms with Crippen molar-refractivity contribution in [1.82, 2.24) is 0 Å². The second-order valence-corrected chi connectivity index (χ2v) is 7.48. The molecule has 0 saturated carbocycles. The molecule has 21 heavy (non-hydrogen) atoms. The van der Waals surface area contributed by atoms with E-state index in [2.05, 4.69) is 6.07 Å². The SMILES string of the molecule is OC(c1ccc2c(c1)OCCO2)c1cc2c(s1)CCSC2. The Hall–Kier alpha value is -1.17. The van der Waals surface area contributed by atoms with Crippen LogP contribution in [0.3, 0.4) is 0 Å². The van der Waals surface area contributed by atoms with Gasteiger partial charge in [0.1, 0.15) is 19.3 Å². The van der Waals surface area contributed by atoms with Gasteiger partial charge < -0.3 is 14.6 Å². The van der Waals surface area contributed by atoms with Gasteiger partial charge in [0.15, 0.2) is 11.5 Å². The van der Waals surface area contributed by atoms with Gasteiger partial charge in [-0.05, 0) is 41.5 Å². The molecule has 1 aromatic heterocycles. The first-order chi connectivity index (χ1) is 10.3. The van der Waals surface area contributed by atoms with Crippen LogP contribution in [0.15, 0.2) is 24.3 Å². The Bertz CT molecular complexity index is 642. The van der Waals surface area contributed by atoms with Crippen LogP contribution < -0.4 is 9.47 Å². The van der Waals surface area contributed by atoms with E-state index in [9.17, 15) is 5.11 Å². The van der Waals surface area contributed by atoms with Crippen molar-refractivity contribution < 1.29 is 14.6 Å². The maximum Gasteiger partial charge on any atom is 0.161 e. The zero-order valence-electron chi connectivity index (χ0n) is 11.5. The Kier molecular flexibility index (Phi) is 3.57. The fourth-order valence-electron chi connectivity index (χ4n) is 2.70. The molecule has 3 nitrogen and oxygen atoms in total. The van der Waals surface area contributed by atoms with Crippen LogP contribution in [0.2, 0.25) is 0 Å². The van der Waals surface area contributed by atoms with Crippen LogP contribution in [0.1, 0.15) is 27.0 Å². The van der Waals surface area contributed by atoms with E-state index >= 15 is 0 Å². The lowest BCUT2D eigenvalue weighted by atomic mass is 10.1. The normalized spacial score (nSPS) is 18.1. The van der Waals surface area contributed by atoms with Crippen molar-refractivity contribution in [2.45, 2.75) is 18.3 Å². The number of fused-ring (bicyclic) bond motifs is 2. The van der Waals surface area contributed by atoms with E-state index in [1.54, 1.807) is 11.3 Å². The minimum atomic E-state index is -0.582. The molecule has 2 aliphatic heterocycles. The van der Waals surface area contributed by atoms with Crippen molar-refractivity contribution in [3.8, 4) is 11.5 Å². The molecule has 4 rings (SSSR count). The van der Waals surface area contributed by atoms with Crippen molar-refractivity contribution in [2.75, 3.05) is 19.0 Å². The fourth-order valence-corrected chi connectivity index (χ4v) is 5.09. The van der Waals surface area contributed by atoms with Crippen LogP contribution in [-0.2, 0) is 12.2 Å². The van der Waals surface area contributed by atoms with Crippen LogP contribution in [-0.4, -0.2) is 24.1 Å². The number of benzene rings is 1. The van der Waals surface area contributed by atoms with Gasteiger partial charge in [-0.15, -0.1) is 11.3 Å². The van der Waals surface area contributed by atoms with Crippen LogP contribution in [0.5, 0.6) is 11.5 Å². The molecular formula is C16H16O3S2. The predicted octanol–water partition coefficient (Wildman–Crippen LogP) is 3.39. The first-order valence-electron chi connectivity index (χ1n) is 7.08. The third-order valence-electron chi connectivity index (χ3n) is 3.80. The molecule has 2 aromatic rings. The van der Waals surface area contributed by atoms with Crippen molar-refractivity contribution in [2.24, 2.45) is 0 Å². The summed E-state index contributed by atoms with van der Waals surface area (Å²) in [4.78, 5) is 2.46. The zero-order valence-corrected chi connectivity index (χ0v) is 13.1. The summed E-state index contributed by atoms with van der Waals surface area (Å²) in [6, 6.07) is 7.86. The second kappa shape index (κ2) is 5.55. The summed E-state index contributed by atoms with van der Waals surface area (Å²) in [5.41, 5.74) is 2.26. The molecule has 1 unspecified atom stereocenters. The summed E-state index contributed by atoms with van der Waals surface area (Å²) < 4.78 is 11.1. The molecule has 110 valence electrons. The van der Waals surface area contributed by atoms with Gasteiger partial charge in [0.05, 0.1) is 0 Å². The van der Waals surface area contributed by atoms with Crippen LogP contribution >= 0.6 is 23.1 Å². The Morgan fingerprint density at radius 2 is 1.95 bits per heavy atom. The third kappa shape index (κ3) is 2.54. The minimum absolute atomic E-state index is 0.567. The van der Waals surface area contributed by atoms with Gasteiger partial charge in [-0.3, -0.25) is 0 Å². The van der Waals surface area contributed by atoms with Gasteiger partial charge in [0, 0.05) is 15.5 Å². The summed E-state index contributed by atoms with van der Waals surface area (Å²) in [6.45, 7) is 1.15. The number of aliphatic hydroxyl groups excluding tert-OH is 1. The van der Waals surface area contributed by atoms with Crippen molar-refractivity contribution in [3.05, 3.63) is 45.1 Å². The molecular weight excluding hydrogens is 304 g/mol. The molecule has 2 aliphatic rings. The maximum atomic E-state index is 10.6. The van der Waals surface area contributed by atoms with Gasteiger partial charge in [0.25, 0.3) is 0 Å². The van der Waals surface area contributed by atoms with Crippen LogP contribution in [0.4, 0.5) is 0 Å². The number of thioether (sulfide) groups is 1. The standard InChI is InChI=1S/C16H16O3S2/c17-16(15-8-11-9-20-6-3-14(11)21-15)10-1-2-12-13(7-10)19-5-4-18-12/h1-2,7-8,16-17H,3-6,9H2. The van der Waals surface area contributed by atoms with E-state index in [0.29, 0.717) is 13.2 Å². The topological polar surface area (TPSA) is 38.7 Å². The number of aryl methyl sites for hydroxylation is 1. The number of thiophene rings is 1. The number of ether oxygens (including phenoxy) is 2. The molecule has 0 fully saturated rings. The zero-order chi connectivity index (χ0) is 14.2. The number of hydrogen-bond donors (Lipinski definition) is 1. The highest BCUT2D eigenvalue weighted by Crippen LogP contribution is 2.39. The highest BCUT2D eigenvalue weighted by Gasteiger charge is 2.21. The van der Waals surface area contributed by atoms with E-state index in [4.69, 9.17) is 9.47 Å². The van der Waals surface area contributed by atoms with E-state index < -0.39 is 6.10 Å². The molecule has 1 atom stereocenters. The lowest BCUT2D eigenvalue weighted by Gasteiger charge is -2.20. The first-order valence-corrected chi connectivity index (χ1v) is 9.05. The molecule has 0 radical (unpaired) electrons. The quantitative estimate of drug-likeness (QED) is 0.920. The highest BCUT2D eigenvalue weighted by molar-refractivity contribution is 7.98. The van der Waals surface area contributed by atoms with Crippen LogP contribution in [0.25, 0.3) is 0 Å². The van der Waals surface area contributed by atoms with E-state index in [0.717, 1.165) is 34.1 Å². The number of rotatable bonds is 2. The van der Waals surface area contributed by atoms with E-state index in [1.807, 2.05) is 30.0 Å². The first kappa shape index (κ1) is 13.5. The summed E-state index contributed by atoms with van der Waals surface area (Å²) in [6.07, 6.45) is 0.542. The Balaban J connectivity index is 1.64. The number of hydrogen-bond acceptors (Lipinski definition) is 5. The Morgan fingerprint density at radius 3 is 2.81 bits per heavy atom. The monoisotopic (exact) mass is 320 g/mol. The Labute approximate surface area is 131 Å². The average molecular weight is 320 g/mol. The van der Waals surface area contributed by atoms with Gasteiger partial charge >= 0.3 is 0 Å². The molecule has 0 saturated heterocycles. The molecule has 0 spiro atoms. The maximum absolute atomic E-state index is 10.6. The highest BCUT2D eigenvalue weighted by atomic mass is 32.2. The summed E-state index contributed by atoms with van der Waals surface area (Å²) in [7, 11) is 0. The molecule has 0 aliphatic carbocycles. The van der Waals surface area contributed by atoms with Gasteiger partial charge in [-0.1, -0.05) is 6.07 Å². The van der Waals surface area contributed by atoms with Crippen molar-refractivity contribution >= 4 is 23.1 Å². The summed E-state index contributed by atoms with van der Waals surface area (Å²) >= 11 is 3.71. The summed E-state index contributed by atoms with van der Waals surface area (Å²) in [5, 5.41) is 10.6. The lowest BCUT2D eigenvalue weighted by Crippen LogP contribution is -2.15. The molecule has 3 heterocycles. The van der Waals surface area contributed by atoms with Crippen molar-refractivity contribution in [3.63, 3.8) is 0 Å². The molecule has 1 N–H and O–H groups in total. The largest absolute Gasteiger partial charge is 0.486 e. The van der Waals surface area contributed by atoms with E-state index in [1.165, 1.54) is 16.2 Å². The lowest BCUT2D eigenvalue weighted by molar-refractivity contribution is 0.170. The summed E-state index contributed by atoms with van der Waals surface area (Å²) in [5.74, 6) is 3.75. The van der Waals surface area contributed by atoms with Gasteiger partial charge in [-0.2, -0.15) is 11.8 Å². The van der Waals surface area contributed by atoms with Crippen LogP contribution in [0, 0.1) is 0 Å². The predicted molar refractivity (Wildman–Crippen MR) is 85.7 cm³/mol. The third-order valence-corrected chi connectivity index (χ3v) is 6.10. The molecule has 5 heteroatoms. The molecule has 0 amide bonds.